The smallest absolute Gasteiger partial charge is 0.344 e. The number of nitrogens with zero attached hydrogens (tertiary/aromatic N) is 1. The van der Waals surface area contributed by atoms with Crippen LogP contribution in [0.2, 0.25) is 0 Å². The highest BCUT2D eigenvalue weighted by atomic mass is 16.6. The van der Waals surface area contributed by atoms with Crippen LogP contribution in [0.4, 0.5) is 0 Å². The zero-order chi connectivity index (χ0) is 16.7. The normalized spacial score (nSPS) is 22.8. The van der Waals surface area contributed by atoms with Gasteiger partial charge in [-0.1, -0.05) is 0 Å². The van der Waals surface area contributed by atoms with E-state index in [-0.39, 0.29) is 30.1 Å². The van der Waals surface area contributed by atoms with E-state index in [1.807, 2.05) is 0 Å². The molecule has 0 bridgehead atoms. The topological polar surface area (TPSA) is 102 Å². The van der Waals surface area contributed by atoms with Crippen LogP contribution in [-0.4, -0.2) is 48.1 Å². The molecule has 2 heterocycles. The highest BCUT2D eigenvalue weighted by Crippen LogP contribution is 2.44. The lowest BCUT2D eigenvalue weighted by Gasteiger charge is -2.27. The van der Waals surface area contributed by atoms with Crippen molar-refractivity contribution < 1.29 is 33.7 Å². The molecule has 1 fully saturated rings. The van der Waals surface area contributed by atoms with Gasteiger partial charge in [0.15, 0.2) is 11.5 Å². The average molecular weight is 321 g/mol. The first kappa shape index (κ1) is 15.1. The monoisotopic (exact) mass is 321 g/mol. The molecule has 0 spiro atoms. The summed E-state index contributed by atoms with van der Waals surface area (Å²) in [5.74, 6) is -1.61. The van der Waals surface area contributed by atoms with Crippen molar-refractivity contribution in [3.05, 3.63) is 23.3 Å². The fraction of sp³-hybridized carbons (Fsp3) is 0.400. The van der Waals surface area contributed by atoms with Crippen molar-refractivity contribution in [2.75, 3.05) is 14.2 Å². The van der Waals surface area contributed by atoms with E-state index in [4.69, 9.17) is 14.2 Å². The van der Waals surface area contributed by atoms with Gasteiger partial charge in [0, 0.05) is 12.0 Å². The highest BCUT2D eigenvalue weighted by molar-refractivity contribution is 5.99. The number of ether oxygens (including phenoxy) is 3. The zero-order valence-electron chi connectivity index (χ0n) is 12.6. The maximum Gasteiger partial charge on any atom is 0.344 e. The summed E-state index contributed by atoms with van der Waals surface area (Å²) in [5, 5.41) is 9.28. The van der Waals surface area contributed by atoms with Gasteiger partial charge in [-0.15, -0.1) is 0 Å². The van der Waals surface area contributed by atoms with E-state index in [0.29, 0.717) is 11.3 Å². The van der Waals surface area contributed by atoms with Gasteiger partial charge in [0.1, 0.15) is 11.6 Å². The second-order valence-corrected chi connectivity index (χ2v) is 5.22. The molecule has 1 saturated heterocycles. The number of carbonyl (C=O) groups is 3. The Labute approximate surface area is 131 Å². The fourth-order valence-corrected chi connectivity index (χ4v) is 3.03. The standard InChI is InChI=1S/C15H15NO7/c1-21-9-5-3-7-11(12(9)22-2)15(20)23-13(7)16-8(14(18)19)4-6-10(16)17/h3,5,8,13H,4,6H2,1-2H3,(H,18,19)/t8-,13+/m0/s1. The van der Waals surface area contributed by atoms with Crippen molar-refractivity contribution in [3.8, 4) is 11.5 Å². The van der Waals surface area contributed by atoms with Gasteiger partial charge < -0.3 is 19.3 Å². The third-order valence-electron chi connectivity index (χ3n) is 4.06. The lowest BCUT2D eigenvalue weighted by molar-refractivity contribution is -0.154. The second-order valence-electron chi connectivity index (χ2n) is 5.22. The first-order valence-electron chi connectivity index (χ1n) is 6.99. The van der Waals surface area contributed by atoms with E-state index >= 15 is 0 Å². The van der Waals surface area contributed by atoms with Gasteiger partial charge in [-0.25, -0.2) is 9.59 Å². The number of methoxy groups -OCH3 is 2. The molecule has 0 saturated carbocycles. The number of likely N-dealkylation sites (tertiary alicyclic amines) is 1. The van der Waals surface area contributed by atoms with Crippen LogP contribution in [0, 0.1) is 0 Å². The van der Waals surface area contributed by atoms with Crippen LogP contribution in [0.3, 0.4) is 0 Å². The van der Waals surface area contributed by atoms with Gasteiger partial charge in [-0.2, -0.15) is 0 Å². The Bertz CT molecular complexity index is 699. The maximum absolute atomic E-state index is 12.2. The Morgan fingerprint density at radius 2 is 2.04 bits per heavy atom. The molecular weight excluding hydrogens is 306 g/mol. The molecular formula is C15H15NO7. The minimum Gasteiger partial charge on any atom is -0.493 e. The predicted octanol–water partition coefficient (Wildman–Crippen LogP) is 0.948. The minimum absolute atomic E-state index is 0.105. The number of hydrogen-bond donors (Lipinski definition) is 1. The van der Waals surface area contributed by atoms with Gasteiger partial charge in [-0.3, -0.25) is 9.69 Å². The van der Waals surface area contributed by atoms with Gasteiger partial charge in [0.25, 0.3) is 0 Å². The first-order valence-corrected chi connectivity index (χ1v) is 6.99. The number of cyclic esters (lactones) is 1. The highest BCUT2D eigenvalue weighted by Gasteiger charge is 2.47. The van der Waals surface area contributed by atoms with E-state index in [1.165, 1.54) is 14.2 Å². The van der Waals surface area contributed by atoms with Crippen LogP contribution >= 0.6 is 0 Å². The van der Waals surface area contributed by atoms with Crippen LogP contribution in [0.1, 0.15) is 35.0 Å². The van der Waals surface area contributed by atoms with E-state index in [9.17, 15) is 19.5 Å². The Morgan fingerprint density at radius 1 is 1.30 bits per heavy atom. The van der Waals surface area contributed by atoms with E-state index < -0.39 is 24.2 Å². The van der Waals surface area contributed by atoms with Crippen molar-refractivity contribution in [1.29, 1.82) is 0 Å². The molecule has 1 amide bonds. The number of aliphatic carboxylic acids is 1. The summed E-state index contributed by atoms with van der Waals surface area (Å²) in [6.07, 6.45) is -0.772. The average Bonchev–Trinajstić information content (AvgIpc) is 3.06. The maximum atomic E-state index is 12.2. The van der Waals surface area contributed by atoms with Gasteiger partial charge >= 0.3 is 11.9 Å². The molecule has 1 N–H and O–H groups in total. The summed E-state index contributed by atoms with van der Waals surface area (Å²) in [6, 6.07) is 2.15. The Kier molecular flexibility index (Phi) is 3.59. The summed E-state index contributed by atoms with van der Waals surface area (Å²) < 4.78 is 15.6. The van der Waals surface area contributed by atoms with E-state index in [0.717, 1.165) is 4.90 Å². The molecule has 0 unspecified atom stereocenters. The van der Waals surface area contributed by atoms with Crippen LogP contribution in [-0.2, 0) is 14.3 Å². The molecule has 0 radical (unpaired) electrons. The molecule has 2 aliphatic rings. The number of carbonyl (C=O) groups excluding carboxylic acids is 2. The largest absolute Gasteiger partial charge is 0.493 e. The van der Waals surface area contributed by atoms with Crippen molar-refractivity contribution in [1.82, 2.24) is 4.90 Å². The number of fused-ring (bicyclic) bond motifs is 1. The summed E-state index contributed by atoms with van der Waals surface area (Å²) in [7, 11) is 2.83. The van der Waals surface area contributed by atoms with Crippen LogP contribution < -0.4 is 9.47 Å². The summed E-state index contributed by atoms with van der Waals surface area (Å²) in [5.41, 5.74) is 0.551. The number of benzene rings is 1. The van der Waals surface area contributed by atoms with Crippen molar-refractivity contribution in [2.24, 2.45) is 0 Å². The number of esters is 1. The number of amides is 1. The minimum atomic E-state index is -1.12. The quantitative estimate of drug-likeness (QED) is 0.824. The Hall–Kier alpha value is -2.77. The third kappa shape index (κ3) is 2.18. The number of rotatable bonds is 4. The molecule has 8 heteroatoms. The van der Waals surface area contributed by atoms with E-state index in [2.05, 4.69) is 0 Å². The van der Waals surface area contributed by atoms with Crippen molar-refractivity contribution in [3.63, 3.8) is 0 Å². The third-order valence-corrected chi connectivity index (χ3v) is 4.06. The number of hydrogen-bond acceptors (Lipinski definition) is 6. The molecule has 0 aliphatic carbocycles. The second kappa shape index (κ2) is 5.45. The van der Waals surface area contributed by atoms with Crippen LogP contribution in [0.15, 0.2) is 12.1 Å². The molecule has 1 aromatic rings. The SMILES string of the molecule is COc1ccc2c(c1OC)C(=O)O[C@H]2N1C(=O)CC[C@H]1C(=O)O. The number of carboxylic acids is 1. The zero-order valence-corrected chi connectivity index (χ0v) is 12.6. The summed E-state index contributed by atoms with van der Waals surface area (Å²) in [6.45, 7) is 0. The van der Waals surface area contributed by atoms with E-state index in [1.54, 1.807) is 12.1 Å². The molecule has 0 aromatic heterocycles. The molecule has 122 valence electrons. The number of carboxylic acid groups (broad SMARTS) is 1. The van der Waals surface area contributed by atoms with Gasteiger partial charge in [-0.05, 0) is 18.6 Å². The lowest BCUT2D eigenvalue weighted by Crippen LogP contribution is -2.41. The Balaban J connectivity index is 2.08. The summed E-state index contributed by atoms with van der Waals surface area (Å²) >= 11 is 0. The van der Waals surface area contributed by atoms with Crippen LogP contribution in [0.25, 0.3) is 0 Å². The molecule has 23 heavy (non-hydrogen) atoms. The predicted molar refractivity (Wildman–Crippen MR) is 75.2 cm³/mol. The van der Waals surface area contributed by atoms with Crippen molar-refractivity contribution >= 4 is 17.8 Å². The Morgan fingerprint density at radius 3 is 2.65 bits per heavy atom. The van der Waals surface area contributed by atoms with Crippen molar-refractivity contribution in [2.45, 2.75) is 25.1 Å². The molecule has 8 nitrogen and oxygen atoms in total. The molecule has 2 atom stereocenters. The first-order chi connectivity index (χ1) is 11.0. The van der Waals surface area contributed by atoms with Gasteiger partial charge in [0.2, 0.25) is 12.1 Å². The summed E-state index contributed by atoms with van der Waals surface area (Å²) in [4.78, 5) is 36.8. The fourth-order valence-electron chi connectivity index (χ4n) is 3.03. The molecule has 1 aromatic carbocycles. The lowest BCUT2D eigenvalue weighted by atomic mass is 10.1. The van der Waals surface area contributed by atoms with Gasteiger partial charge in [0.05, 0.1) is 14.2 Å². The van der Waals surface area contributed by atoms with Crippen LogP contribution in [0.5, 0.6) is 11.5 Å². The molecule has 3 rings (SSSR count). The molecule has 2 aliphatic heterocycles.